The minimum absolute atomic E-state index is 0.0133. The molecule has 2 aromatic heterocycles. The van der Waals surface area contributed by atoms with Gasteiger partial charge < -0.3 is 4.42 Å². The third-order valence-electron chi connectivity index (χ3n) is 2.79. The molecule has 0 radical (unpaired) electrons. The van der Waals surface area contributed by atoms with E-state index in [-0.39, 0.29) is 23.6 Å². The van der Waals surface area contributed by atoms with E-state index in [1.54, 1.807) is 6.08 Å². The van der Waals surface area contributed by atoms with Crippen molar-refractivity contribution in [2.45, 2.75) is 19.9 Å². The summed E-state index contributed by atoms with van der Waals surface area (Å²) in [5.74, 6) is 0.437. The van der Waals surface area contributed by atoms with E-state index in [4.69, 9.17) is 4.42 Å². The zero-order chi connectivity index (χ0) is 14.8. The molecule has 2 aromatic rings. The lowest BCUT2D eigenvalue weighted by Crippen LogP contribution is -2.27. The van der Waals surface area contributed by atoms with Crippen LogP contribution in [-0.4, -0.2) is 26.2 Å². The smallest absolute Gasteiger partial charge is 0.294 e. The molecule has 0 saturated carbocycles. The number of thioether (sulfide) groups is 1. The molecule has 3 heterocycles. The van der Waals surface area contributed by atoms with Gasteiger partial charge in [-0.3, -0.25) is 14.5 Å². The minimum Gasteiger partial charge on any atom is -0.423 e. The van der Waals surface area contributed by atoms with Gasteiger partial charge in [0, 0.05) is 11.3 Å². The van der Waals surface area contributed by atoms with Crippen LogP contribution in [0, 0.1) is 0 Å². The Bertz CT molecular complexity index is 706. The minimum atomic E-state index is -0.324. The summed E-state index contributed by atoms with van der Waals surface area (Å²) >= 11 is 2.44. The first-order chi connectivity index (χ1) is 10.2. The third kappa shape index (κ3) is 2.91. The van der Waals surface area contributed by atoms with Crippen LogP contribution in [0.1, 0.15) is 23.6 Å². The number of amides is 2. The first kappa shape index (κ1) is 14.0. The summed E-state index contributed by atoms with van der Waals surface area (Å²) in [6.45, 7) is 1.90. The second-order valence-corrected chi connectivity index (χ2v) is 6.20. The number of aromatic nitrogens is 2. The van der Waals surface area contributed by atoms with Crippen molar-refractivity contribution >= 4 is 40.3 Å². The van der Waals surface area contributed by atoms with Crippen molar-refractivity contribution in [1.29, 1.82) is 0 Å². The lowest BCUT2D eigenvalue weighted by atomic mass is 10.3. The molecule has 108 valence electrons. The molecule has 3 rings (SSSR count). The number of carbonyl (C=O) groups is 2. The quantitative estimate of drug-likeness (QED) is 0.806. The van der Waals surface area contributed by atoms with Gasteiger partial charge >= 0.3 is 0 Å². The van der Waals surface area contributed by atoms with Crippen LogP contribution in [-0.2, 0) is 17.8 Å². The van der Waals surface area contributed by atoms with Crippen LogP contribution in [0.3, 0.4) is 0 Å². The first-order valence-electron chi connectivity index (χ1n) is 6.27. The van der Waals surface area contributed by atoms with E-state index < -0.39 is 0 Å². The first-order valence-corrected chi connectivity index (χ1v) is 7.97. The fourth-order valence-electron chi connectivity index (χ4n) is 1.77. The summed E-state index contributed by atoms with van der Waals surface area (Å²) in [4.78, 5) is 26.7. The summed E-state index contributed by atoms with van der Waals surface area (Å²) in [6, 6.07) is 3.79. The molecule has 8 heteroatoms. The summed E-state index contributed by atoms with van der Waals surface area (Å²) in [5.41, 5.74) is 0. The third-order valence-corrected chi connectivity index (χ3v) is 4.52. The molecular formula is C13H11N3O3S2. The van der Waals surface area contributed by atoms with Crippen molar-refractivity contribution in [3.05, 3.63) is 39.1 Å². The molecule has 6 nitrogen and oxygen atoms in total. The molecule has 1 aliphatic rings. The second-order valence-electron chi connectivity index (χ2n) is 4.23. The lowest BCUT2D eigenvalue weighted by Gasteiger charge is -2.08. The number of imide groups is 1. The normalized spacial score (nSPS) is 17.2. The van der Waals surface area contributed by atoms with Gasteiger partial charge in [0.05, 0.1) is 4.91 Å². The van der Waals surface area contributed by atoms with Crippen molar-refractivity contribution in [1.82, 2.24) is 15.1 Å². The molecule has 0 spiro atoms. The summed E-state index contributed by atoms with van der Waals surface area (Å²) in [5, 5.41) is 9.25. The predicted octanol–water partition coefficient (Wildman–Crippen LogP) is 2.93. The average molecular weight is 321 g/mol. The lowest BCUT2D eigenvalue weighted by molar-refractivity contribution is -0.123. The van der Waals surface area contributed by atoms with Crippen LogP contribution in [0.15, 0.2) is 26.8 Å². The molecule has 0 N–H and O–H groups in total. The highest BCUT2D eigenvalue weighted by molar-refractivity contribution is 8.18. The Labute approximate surface area is 128 Å². The number of aryl methyl sites for hydroxylation is 1. The van der Waals surface area contributed by atoms with E-state index in [1.807, 2.05) is 24.4 Å². The predicted molar refractivity (Wildman–Crippen MR) is 79.5 cm³/mol. The highest BCUT2D eigenvalue weighted by Gasteiger charge is 2.36. The van der Waals surface area contributed by atoms with Gasteiger partial charge in [0.2, 0.25) is 11.8 Å². The van der Waals surface area contributed by atoms with Crippen molar-refractivity contribution < 1.29 is 14.0 Å². The maximum absolute atomic E-state index is 12.3. The van der Waals surface area contributed by atoms with Gasteiger partial charge in [0.25, 0.3) is 11.1 Å². The molecular weight excluding hydrogens is 310 g/mol. The largest absolute Gasteiger partial charge is 0.423 e. The molecule has 0 aliphatic carbocycles. The molecule has 0 atom stereocenters. The van der Waals surface area contributed by atoms with Crippen molar-refractivity contribution in [3.8, 4) is 0 Å². The van der Waals surface area contributed by atoms with E-state index in [0.29, 0.717) is 17.2 Å². The van der Waals surface area contributed by atoms with E-state index in [2.05, 4.69) is 10.2 Å². The molecule has 1 fully saturated rings. The Hall–Kier alpha value is -1.93. The summed E-state index contributed by atoms with van der Waals surface area (Å²) in [6.07, 6.45) is 2.34. The maximum Gasteiger partial charge on any atom is 0.294 e. The van der Waals surface area contributed by atoms with E-state index in [1.165, 1.54) is 11.3 Å². The molecule has 0 bridgehead atoms. The summed E-state index contributed by atoms with van der Waals surface area (Å²) < 4.78 is 5.34. The average Bonchev–Trinajstić information content (AvgIpc) is 3.18. The van der Waals surface area contributed by atoms with Gasteiger partial charge in [-0.1, -0.05) is 13.0 Å². The number of hydrogen-bond donors (Lipinski definition) is 0. The van der Waals surface area contributed by atoms with Gasteiger partial charge in [-0.05, 0) is 29.3 Å². The zero-order valence-electron chi connectivity index (χ0n) is 11.1. The van der Waals surface area contributed by atoms with Crippen LogP contribution in [0.2, 0.25) is 0 Å². The van der Waals surface area contributed by atoms with Crippen molar-refractivity contribution in [3.63, 3.8) is 0 Å². The highest BCUT2D eigenvalue weighted by atomic mass is 32.2. The molecule has 1 aliphatic heterocycles. The Morgan fingerprint density at radius 2 is 2.14 bits per heavy atom. The molecule has 2 amide bonds. The fourth-order valence-corrected chi connectivity index (χ4v) is 3.33. The van der Waals surface area contributed by atoms with Gasteiger partial charge in [-0.15, -0.1) is 21.5 Å². The van der Waals surface area contributed by atoms with Crippen molar-refractivity contribution in [2.24, 2.45) is 0 Å². The monoisotopic (exact) mass is 321 g/mol. The van der Waals surface area contributed by atoms with Crippen LogP contribution < -0.4 is 0 Å². The molecule has 21 heavy (non-hydrogen) atoms. The van der Waals surface area contributed by atoms with E-state index >= 15 is 0 Å². The van der Waals surface area contributed by atoms with Gasteiger partial charge in [-0.25, -0.2) is 0 Å². The number of hydrogen-bond acceptors (Lipinski definition) is 7. The SMILES string of the molecule is CCc1nnc(CN2C(=O)S/C(=C\c3cccs3)C2=O)o1. The topological polar surface area (TPSA) is 76.3 Å². The van der Waals surface area contributed by atoms with Crippen LogP contribution in [0.5, 0.6) is 0 Å². The van der Waals surface area contributed by atoms with E-state index in [0.717, 1.165) is 21.5 Å². The Morgan fingerprint density at radius 1 is 1.33 bits per heavy atom. The number of thiophene rings is 1. The van der Waals surface area contributed by atoms with Crippen LogP contribution in [0.4, 0.5) is 4.79 Å². The van der Waals surface area contributed by atoms with Gasteiger partial charge in [-0.2, -0.15) is 0 Å². The highest BCUT2D eigenvalue weighted by Crippen LogP contribution is 2.33. The van der Waals surface area contributed by atoms with Crippen LogP contribution in [0.25, 0.3) is 6.08 Å². The number of rotatable bonds is 4. The Balaban J connectivity index is 1.77. The number of nitrogens with zero attached hydrogens (tertiary/aromatic N) is 3. The Kier molecular flexibility index (Phi) is 3.89. The van der Waals surface area contributed by atoms with Crippen molar-refractivity contribution in [2.75, 3.05) is 0 Å². The molecule has 0 aromatic carbocycles. The maximum atomic E-state index is 12.3. The Morgan fingerprint density at radius 3 is 2.81 bits per heavy atom. The fraction of sp³-hybridized carbons (Fsp3) is 0.231. The zero-order valence-corrected chi connectivity index (χ0v) is 12.7. The van der Waals surface area contributed by atoms with Gasteiger partial charge in [0.1, 0.15) is 6.54 Å². The van der Waals surface area contributed by atoms with E-state index in [9.17, 15) is 9.59 Å². The van der Waals surface area contributed by atoms with Crippen LogP contribution >= 0.6 is 23.1 Å². The summed E-state index contributed by atoms with van der Waals surface area (Å²) in [7, 11) is 0. The second kappa shape index (κ2) is 5.82. The number of carbonyl (C=O) groups excluding carboxylic acids is 2. The van der Waals surface area contributed by atoms with Gasteiger partial charge in [0.15, 0.2) is 0 Å². The molecule has 1 saturated heterocycles. The molecule has 0 unspecified atom stereocenters. The standard InChI is InChI=1S/C13H11N3O3S2/c1-2-10-14-15-11(19-10)7-16-12(17)9(21-13(16)18)6-8-4-3-5-20-8/h3-6H,2,7H2,1H3/b9-6-.